The summed E-state index contributed by atoms with van der Waals surface area (Å²) in [6, 6.07) is 7.03. The van der Waals surface area contributed by atoms with E-state index in [2.05, 4.69) is 10.1 Å². The Kier molecular flexibility index (Phi) is 6.16. The highest BCUT2D eigenvalue weighted by atomic mass is 35.5. The molecule has 0 radical (unpaired) electrons. The van der Waals surface area contributed by atoms with Crippen molar-refractivity contribution in [3.63, 3.8) is 0 Å². The minimum atomic E-state index is 0.0131. The third-order valence-corrected chi connectivity index (χ3v) is 4.93. The normalized spacial score (nSPS) is 15.7. The Hall–Kier alpha value is -2.05. The van der Waals surface area contributed by atoms with Gasteiger partial charge in [0, 0.05) is 43.3 Å². The summed E-state index contributed by atoms with van der Waals surface area (Å²) in [6.45, 7) is 8.00. The minimum absolute atomic E-state index is 0.0131. The lowest BCUT2D eigenvalue weighted by Crippen LogP contribution is -2.38. The summed E-state index contributed by atoms with van der Waals surface area (Å²) >= 11 is 5.85. The van der Waals surface area contributed by atoms with Crippen molar-refractivity contribution < 1.29 is 14.1 Å². The summed E-state index contributed by atoms with van der Waals surface area (Å²) in [5, 5.41) is 4.66. The smallest absolute Gasteiger partial charge is 0.260 e. The number of aromatic nitrogens is 1. The van der Waals surface area contributed by atoms with Gasteiger partial charge in [0.1, 0.15) is 11.5 Å². The van der Waals surface area contributed by atoms with Crippen molar-refractivity contribution in [2.45, 2.75) is 26.8 Å². The Bertz CT molecular complexity index is 725. The van der Waals surface area contributed by atoms with Gasteiger partial charge < -0.3 is 14.2 Å². The molecular weight excluding hydrogens is 354 g/mol. The molecule has 1 aliphatic rings. The molecule has 6 nitrogen and oxygen atoms in total. The standard InChI is InChI=1S/C19H24ClN3O3/c1-14-18(15(2)26-21-14)12-22-8-3-9-23(11-10-22)19(24)13-25-17-6-4-16(20)5-7-17/h4-7H,3,8-13H2,1-2H3. The van der Waals surface area contributed by atoms with Gasteiger partial charge in [0.2, 0.25) is 0 Å². The lowest BCUT2D eigenvalue weighted by atomic mass is 10.2. The maximum absolute atomic E-state index is 12.5. The number of benzene rings is 1. The van der Waals surface area contributed by atoms with Gasteiger partial charge in [0.05, 0.1) is 5.69 Å². The third-order valence-electron chi connectivity index (χ3n) is 4.68. The number of halogens is 1. The number of hydrogen-bond acceptors (Lipinski definition) is 5. The van der Waals surface area contributed by atoms with Crippen LogP contribution in [0.4, 0.5) is 0 Å². The van der Waals surface area contributed by atoms with Crippen LogP contribution >= 0.6 is 11.6 Å². The SMILES string of the molecule is Cc1noc(C)c1CN1CCCN(C(=O)COc2ccc(Cl)cc2)CC1. The van der Waals surface area contributed by atoms with Gasteiger partial charge in [-0.1, -0.05) is 16.8 Å². The van der Waals surface area contributed by atoms with Crippen LogP contribution in [0.5, 0.6) is 5.75 Å². The zero-order valence-electron chi connectivity index (χ0n) is 15.2. The van der Waals surface area contributed by atoms with E-state index >= 15 is 0 Å². The van der Waals surface area contributed by atoms with Crippen LogP contribution in [0, 0.1) is 13.8 Å². The first kappa shape index (κ1) is 18.7. The van der Waals surface area contributed by atoms with E-state index in [1.165, 1.54) is 0 Å². The quantitative estimate of drug-likeness (QED) is 0.801. The van der Waals surface area contributed by atoms with E-state index in [1.807, 2.05) is 18.7 Å². The fourth-order valence-corrected chi connectivity index (χ4v) is 3.22. The van der Waals surface area contributed by atoms with E-state index in [9.17, 15) is 4.79 Å². The molecular formula is C19H24ClN3O3. The molecule has 0 N–H and O–H groups in total. The number of hydrogen-bond donors (Lipinski definition) is 0. The van der Waals surface area contributed by atoms with E-state index < -0.39 is 0 Å². The van der Waals surface area contributed by atoms with Crippen molar-refractivity contribution in [2.75, 3.05) is 32.8 Å². The zero-order chi connectivity index (χ0) is 18.5. The van der Waals surface area contributed by atoms with Gasteiger partial charge in [-0.2, -0.15) is 0 Å². The van der Waals surface area contributed by atoms with Crippen LogP contribution in [0.1, 0.15) is 23.4 Å². The average molecular weight is 378 g/mol. The molecule has 2 heterocycles. The second-order valence-corrected chi connectivity index (χ2v) is 6.99. The lowest BCUT2D eigenvalue weighted by molar-refractivity contribution is -0.133. The summed E-state index contributed by atoms with van der Waals surface area (Å²) < 4.78 is 10.8. The Morgan fingerprint density at radius 2 is 1.96 bits per heavy atom. The molecule has 1 fully saturated rings. The molecule has 1 aromatic heterocycles. The molecule has 1 aliphatic heterocycles. The fraction of sp³-hybridized carbons (Fsp3) is 0.474. The highest BCUT2D eigenvalue weighted by Gasteiger charge is 2.21. The molecule has 0 spiro atoms. The first-order chi connectivity index (χ1) is 12.5. The first-order valence-electron chi connectivity index (χ1n) is 8.83. The van der Waals surface area contributed by atoms with Crippen molar-refractivity contribution in [1.29, 1.82) is 0 Å². The second-order valence-electron chi connectivity index (χ2n) is 6.56. The molecule has 140 valence electrons. The largest absolute Gasteiger partial charge is 0.484 e. The summed E-state index contributed by atoms with van der Waals surface area (Å²) in [7, 11) is 0. The van der Waals surface area contributed by atoms with Crippen LogP contribution in [0.2, 0.25) is 5.02 Å². The second kappa shape index (κ2) is 8.56. The predicted octanol–water partition coefficient (Wildman–Crippen LogP) is 3.06. The monoisotopic (exact) mass is 377 g/mol. The van der Waals surface area contributed by atoms with E-state index in [-0.39, 0.29) is 12.5 Å². The van der Waals surface area contributed by atoms with Crippen molar-refractivity contribution in [1.82, 2.24) is 15.0 Å². The van der Waals surface area contributed by atoms with E-state index in [4.69, 9.17) is 20.9 Å². The number of amides is 1. The van der Waals surface area contributed by atoms with Crippen LogP contribution in [0.25, 0.3) is 0 Å². The van der Waals surface area contributed by atoms with E-state index in [0.29, 0.717) is 17.3 Å². The van der Waals surface area contributed by atoms with Crippen molar-refractivity contribution in [3.8, 4) is 5.75 Å². The van der Waals surface area contributed by atoms with E-state index in [0.717, 1.165) is 49.6 Å². The topological polar surface area (TPSA) is 58.8 Å². The number of aryl methyl sites for hydroxylation is 2. The van der Waals surface area contributed by atoms with Gasteiger partial charge in [-0.05, 0) is 44.5 Å². The van der Waals surface area contributed by atoms with Gasteiger partial charge in [0.15, 0.2) is 6.61 Å². The lowest BCUT2D eigenvalue weighted by Gasteiger charge is -2.22. The van der Waals surface area contributed by atoms with Gasteiger partial charge >= 0.3 is 0 Å². The molecule has 1 saturated heterocycles. The maximum Gasteiger partial charge on any atom is 0.260 e. The molecule has 3 rings (SSSR count). The summed E-state index contributed by atoms with van der Waals surface area (Å²) in [5.74, 6) is 1.53. The zero-order valence-corrected chi connectivity index (χ0v) is 16.0. The van der Waals surface area contributed by atoms with Crippen LogP contribution < -0.4 is 4.74 Å². The van der Waals surface area contributed by atoms with Gasteiger partial charge in [0.25, 0.3) is 5.91 Å². The van der Waals surface area contributed by atoms with Gasteiger partial charge in [-0.25, -0.2) is 0 Å². The maximum atomic E-state index is 12.5. The van der Waals surface area contributed by atoms with Crippen molar-refractivity contribution in [2.24, 2.45) is 0 Å². The van der Waals surface area contributed by atoms with Crippen LogP contribution in [0.15, 0.2) is 28.8 Å². The van der Waals surface area contributed by atoms with Crippen LogP contribution in [0.3, 0.4) is 0 Å². The summed E-state index contributed by atoms with van der Waals surface area (Å²) in [4.78, 5) is 16.7. The molecule has 0 bridgehead atoms. The highest BCUT2D eigenvalue weighted by molar-refractivity contribution is 6.30. The van der Waals surface area contributed by atoms with Gasteiger partial charge in [-0.3, -0.25) is 9.69 Å². The number of carbonyl (C=O) groups excluding carboxylic acids is 1. The first-order valence-corrected chi connectivity index (χ1v) is 9.21. The minimum Gasteiger partial charge on any atom is -0.484 e. The number of carbonyl (C=O) groups is 1. The Balaban J connectivity index is 1.49. The highest BCUT2D eigenvalue weighted by Crippen LogP contribution is 2.17. The Morgan fingerprint density at radius 3 is 2.65 bits per heavy atom. The molecule has 0 unspecified atom stereocenters. The predicted molar refractivity (Wildman–Crippen MR) is 99.4 cm³/mol. The molecule has 0 atom stereocenters. The Labute approximate surface area is 158 Å². The van der Waals surface area contributed by atoms with E-state index in [1.54, 1.807) is 24.3 Å². The van der Waals surface area contributed by atoms with Crippen LogP contribution in [-0.2, 0) is 11.3 Å². The molecule has 0 aliphatic carbocycles. The van der Waals surface area contributed by atoms with Crippen LogP contribution in [-0.4, -0.2) is 53.6 Å². The molecule has 26 heavy (non-hydrogen) atoms. The molecule has 1 amide bonds. The average Bonchev–Trinajstić information content (AvgIpc) is 2.83. The molecule has 7 heteroatoms. The van der Waals surface area contributed by atoms with Crippen molar-refractivity contribution >= 4 is 17.5 Å². The summed E-state index contributed by atoms with van der Waals surface area (Å²) in [6.07, 6.45) is 0.941. The van der Waals surface area contributed by atoms with Gasteiger partial charge in [-0.15, -0.1) is 0 Å². The number of rotatable bonds is 5. The number of ether oxygens (including phenoxy) is 1. The third kappa shape index (κ3) is 4.77. The molecule has 0 saturated carbocycles. The Morgan fingerprint density at radius 1 is 1.19 bits per heavy atom. The molecule has 1 aromatic carbocycles. The van der Waals surface area contributed by atoms with Crippen molar-refractivity contribution in [3.05, 3.63) is 46.3 Å². The number of nitrogens with zero attached hydrogens (tertiary/aromatic N) is 3. The molecule has 2 aromatic rings. The fourth-order valence-electron chi connectivity index (χ4n) is 3.10. The summed E-state index contributed by atoms with van der Waals surface area (Å²) in [5.41, 5.74) is 2.09.